The molecule has 2 N–H and O–H groups in total. The SMILES string of the molecule is COc1ccc([C@@H](C)NCc2cc(C(=O)O)co2)cc1. The van der Waals surface area contributed by atoms with Gasteiger partial charge in [0.25, 0.3) is 0 Å². The maximum absolute atomic E-state index is 10.7. The van der Waals surface area contributed by atoms with Crippen LogP contribution in [0.25, 0.3) is 0 Å². The lowest BCUT2D eigenvalue weighted by molar-refractivity contribution is 0.0696. The molecule has 0 aliphatic rings. The molecule has 1 aromatic carbocycles. The first-order chi connectivity index (χ1) is 9.60. The number of methoxy groups -OCH3 is 1. The number of carboxylic acids is 1. The van der Waals surface area contributed by atoms with E-state index in [1.54, 1.807) is 7.11 Å². The average Bonchev–Trinajstić information content (AvgIpc) is 2.94. The van der Waals surface area contributed by atoms with Crippen molar-refractivity contribution >= 4 is 5.97 Å². The highest BCUT2D eigenvalue weighted by atomic mass is 16.5. The fourth-order valence-corrected chi connectivity index (χ4v) is 1.85. The van der Waals surface area contributed by atoms with Crippen LogP contribution in [0.1, 0.15) is 34.6 Å². The summed E-state index contributed by atoms with van der Waals surface area (Å²) in [5, 5.41) is 12.1. The zero-order valence-electron chi connectivity index (χ0n) is 11.4. The number of hydrogen-bond acceptors (Lipinski definition) is 4. The number of furan rings is 1. The summed E-state index contributed by atoms with van der Waals surface area (Å²) in [7, 11) is 1.63. The normalized spacial score (nSPS) is 12.1. The summed E-state index contributed by atoms with van der Waals surface area (Å²) in [5.74, 6) is 0.434. The molecule has 0 aliphatic heterocycles. The van der Waals surface area contributed by atoms with Crippen molar-refractivity contribution in [2.75, 3.05) is 7.11 Å². The number of benzene rings is 1. The van der Waals surface area contributed by atoms with Gasteiger partial charge in [-0.05, 0) is 30.7 Å². The van der Waals surface area contributed by atoms with Crippen molar-refractivity contribution < 1.29 is 19.1 Å². The van der Waals surface area contributed by atoms with E-state index in [0.29, 0.717) is 12.3 Å². The molecule has 0 fully saturated rings. The number of carboxylic acid groups (broad SMARTS) is 1. The lowest BCUT2D eigenvalue weighted by Gasteiger charge is -2.13. The second kappa shape index (κ2) is 6.25. The molecule has 0 unspecified atom stereocenters. The maximum Gasteiger partial charge on any atom is 0.338 e. The smallest absolute Gasteiger partial charge is 0.338 e. The lowest BCUT2D eigenvalue weighted by atomic mass is 10.1. The van der Waals surface area contributed by atoms with Gasteiger partial charge in [-0.15, -0.1) is 0 Å². The number of hydrogen-bond donors (Lipinski definition) is 2. The van der Waals surface area contributed by atoms with Crippen molar-refractivity contribution in [1.82, 2.24) is 5.32 Å². The molecule has 1 heterocycles. The van der Waals surface area contributed by atoms with Crippen LogP contribution in [-0.4, -0.2) is 18.2 Å². The quantitative estimate of drug-likeness (QED) is 0.848. The molecule has 0 aliphatic carbocycles. The van der Waals surface area contributed by atoms with Crippen LogP contribution in [0.3, 0.4) is 0 Å². The molecule has 5 nitrogen and oxygen atoms in total. The third kappa shape index (κ3) is 3.39. The molecule has 0 spiro atoms. The molecule has 2 rings (SSSR count). The molecule has 0 bridgehead atoms. The first-order valence-electron chi connectivity index (χ1n) is 6.28. The largest absolute Gasteiger partial charge is 0.497 e. The van der Waals surface area contributed by atoms with Crippen molar-refractivity contribution in [1.29, 1.82) is 0 Å². The molecule has 20 heavy (non-hydrogen) atoms. The molecular weight excluding hydrogens is 258 g/mol. The monoisotopic (exact) mass is 275 g/mol. The van der Waals surface area contributed by atoms with Crippen molar-refractivity contribution in [3.63, 3.8) is 0 Å². The number of nitrogens with one attached hydrogen (secondary N) is 1. The Balaban J connectivity index is 1.93. The highest BCUT2D eigenvalue weighted by molar-refractivity contribution is 5.87. The molecule has 106 valence electrons. The van der Waals surface area contributed by atoms with E-state index >= 15 is 0 Å². The standard InChI is InChI=1S/C15H17NO4/c1-10(11-3-5-13(19-2)6-4-11)16-8-14-7-12(9-20-14)15(17)18/h3-7,9-10,16H,8H2,1-2H3,(H,17,18)/t10-/m1/s1. The zero-order chi connectivity index (χ0) is 14.5. The van der Waals surface area contributed by atoms with E-state index in [9.17, 15) is 4.79 Å². The molecule has 5 heteroatoms. The fraction of sp³-hybridized carbons (Fsp3) is 0.267. The van der Waals surface area contributed by atoms with Crippen molar-refractivity contribution in [3.8, 4) is 5.75 Å². The first-order valence-corrected chi connectivity index (χ1v) is 6.28. The second-order valence-corrected chi connectivity index (χ2v) is 4.48. The Morgan fingerprint density at radius 1 is 1.40 bits per heavy atom. The van der Waals surface area contributed by atoms with Gasteiger partial charge in [0.15, 0.2) is 0 Å². The van der Waals surface area contributed by atoms with E-state index in [4.69, 9.17) is 14.3 Å². The van der Waals surface area contributed by atoms with Crippen LogP contribution in [0.4, 0.5) is 0 Å². The Morgan fingerprint density at radius 2 is 2.10 bits per heavy atom. The molecular formula is C15H17NO4. The average molecular weight is 275 g/mol. The van der Waals surface area contributed by atoms with Gasteiger partial charge >= 0.3 is 5.97 Å². The summed E-state index contributed by atoms with van der Waals surface area (Å²) in [4.78, 5) is 10.7. The number of carbonyl (C=O) groups is 1. The van der Waals surface area contributed by atoms with Crippen molar-refractivity contribution in [3.05, 3.63) is 53.5 Å². The summed E-state index contributed by atoms with van der Waals surface area (Å²) < 4.78 is 10.3. The molecule has 1 aromatic heterocycles. The minimum Gasteiger partial charge on any atom is -0.497 e. The molecule has 0 radical (unpaired) electrons. The van der Waals surface area contributed by atoms with Crippen molar-refractivity contribution in [2.45, 2.75) is 19.5 Å². The van der Waals surface area contributed by atoms with Gasteiger partial charge in [0.1, 0.15) is 17.8 Å². The van der Waals surface area contributed by atoms with Crippen LogP contribution in [0.2, 0.25) is 0 Å². The minimum absolute atomic E-state index is 0.124. The van der Waals surface area contributed by atoms with Crippen LogP contribution in [0, 0.1) is 0 Å². The number of ether oxygens (including phenoxy) is 1. The zero-order valence-corrected chi connectivity index (χ0v) is 11.4. The predicted molar refractivity (Wildman–Crippen MR) is 73.9 cm³/mol. The van der Waals surface area contributed by atoms with Crippen LogP contribution in [0.5, 0.6) is 5.75 Å². The van der Waals surface area contributed by atoms with E-state index in [2.05, 4.69) is 5.32 Å². The topological polar surface area (TPSA) is 71.7 Å². The van der Waals surface area contributed by atoms with Gasteiger partial charge in [-0.3, -0.25) is 0 Å². The maximum atomic E-state index is 10.7. The van der Waals surface area contributed by atoms with Gasteiger partial charge in [-0.2, -0.15) is 0 Å². The summed E-state index contributed by atoms with van der Waals surface area (Å²) >= 11 is 0. The van der Waals surface area contributed by atoms with E-state index in [-0.39, 0.29) is 11.6 Å². The molecule has 0 saturated heterocycles. The minimum atomic E-state index is -0.983. The van der Waals surface area contributed by atoms with Gasteiger partial charge < -0.3 is 19.6 Å². The number of rotatable bonds is 6. The van der Waals surface area contributed by atoms with Crippen LogP contribution >= 0.6 is 0 Å². The van der Waals surface area contributed by atoms with E-state index in [1.165, 1.54) is 12.3 Å². The van der Waals surface area contributed by atoms with Gasteiger partial charge in [0.05, 0.1) is 19.2 Å². The van der Waals surface area contributed by atoms with E-state index in [1.807, 2.05) is 31.2 Å². The Labute approximate surface area is 117 Å². The van der Waals surface area contributed by atoms with Crippen LogP contribution in [0.15, 0.2) is 41.0 Å². The molecule has 0 saturated carbocycles. The highest BCUT2D eigenvalue weighted by Crippen LogP contribution is 2.18. The highest BCUT2D eigenvalue weighted by Gasteiger charge is 2.10. The van der Waals surface area contributed by atoms with Gasteiger partial charge in [-0.25, -0.2) is 4.79 Å². The Bertz CT molecular complexity index is 574. The lowest BCUT2D eigenvalue weighted by Crippen LogP contribution is -2.17. The van der Waals surface area contributed by atoms with Gasteiger partial charge in [-0.1, -0.05) is 12.1 Å². The third-order valence-electron chi connectivity index (χ3n) is 3.10. The van der Waals surface area contributed by atoms with Crippen LogP contribution < -0.4 is 10.1 Å². The summed E-state index contributed by atoms with van der Waals surface area (Å²) in [6, 6.07) is 9.43. The summed E-state index contributed by atoms with van der Waals surface area (Å²) in [6.07, 6.45) is 1.25. The molecule has 1 atom stereocenters. The Morgan fingerprint density at radius 3 is 2.65 bits per heavy atom. The number of aromatic carboxylic acids is 1. The van der Waals surface area contributed by atoms with Gasteiger partial charge in [0.2, 0.25) is 0 Å². The second-order valence-electron chi connectivity index (χ2n) is 4.48. The fourth-order valence-electron chi connectivity index (χ4n) is 1.85. The van der Waals surface area contributed by atoms with Crippen molar-refractivity contribution in [2.24, 2.45) is 0 Å². The molecule has 2 aromatic rings. The Kier molecular flexibility index (Phi) is 4.42. The summed E-state index contributed by atoms with van der Waals surface area (Å²) in [5.41, 5.74) is 1.29. The van der Waals surface area contributed by atoms with Crippen LogP contribution in [-0.2, 0) is 6.54 Å². The van der Waals surface area contributed by atoms with E-state index in [0.717, 1.165) is 11.3 Å². The summed E-state index contributed by atoms with van der Waals surface area (Å²) in [6.45, 7) is 2.50. The molecule has 0 amide bonds. The van der Waals surface area contributed by atoms with E-state index < -0.39 is 5.97 Å². The third-order valence-corrected chi connectivity index (χ3v) is 3.10. The Hall–Kier alpha value is -2.27. The first kappa shape index (κ1) is 14.1. The van der Waals surface area contributed by atoms with Gasteiger partial charge in [0, 0.05) is 6.04 Å². The predicted octanol–water partition coefficient (Wildman–Crippen LogP) is 2.84.